The van der Waals surface area contributed by atoms with Crippen molar-refractivity contribution in [1.29, 1.82) is 0 Å². The second kappa shape index (κ2) is 12.6. The molecular formula is C27H27Cl2FN2O4. The lowest BCUT2D eigenvalue weighted by Crippen LogP contribution is -2.32. The molecule has 1 atom stereocenters. The third-order valence-electron chi connectivity index (χ3n) is 5.47. The molecule has 36 heavy (non-hydrogen) atoms. The summed E-state index contributed by atoms with van der Waals surface area (Å²) in [7, 11) is 0. The number of amides is 1. The van der Waals surface area contributed by atoms with Gasteiger partial charge >= 0.3 is 5.97 Å². The van der Waals surface area contributed by atoms with Crippen molar-refractivity contribution < 1.29 is 23.8 Å². The summed E-state index contributed by atoms with van der Waals surface area (Å²) in [5, 5.41) is 15.5. The molecule has 0 aliphatic heterocycles. The number of carboxylic acids is 1. The van der Waals surface area contributed by atoms with Crippen molar-refractivity contribution in [3.8, 4) is 16.9 Å². The molecule has 0 aliphatic carbocycles. The van der Waals surface area contributed by atoms with Gasteiger partial charge in [-0.1, -0.05) is 37.0 Å². The van der Waals surface area contributed by atoms with Crippen molar-refractivity contribution in [1.82, 2.24) is 5.32 Å². The summed E-state index contributed by atoms with van der Waals surface area (Å²) >= 11 is 12.1. The van der Waals surface area contributed by atoms with Gasteiger partial charge in [-0.25, -0.2) is 4.39 Å². The van der Waals surface area contributed by atoms with E-state index < -0.39 is 11.8 Å². The maximum atomic E-state index is 14.8. The van der Waals surface area contributed by atoms with Gasteiger partial charge in [0, 0.05) is 39.5 Å². The number of rotatable bonds is 11. The number of anilines is 1. The summed E-state index contributed by atoms with van der Waals surface area (Å²) in [6.45, 7) is 4.43. The Bertz CT molecular complexity index is 1200. The standard InChI is InChI=1S/C27H27Cl2FN2O4/c1-16(2)25(32-21-5-3-17(4-6-21)27(35)31-10-9-26(33)34)15-36-22-7-8-23(24(30)14-22)18-11-19(28)13-20(29)12-18/h3-8,11-14,16,25,32H,9-10,15H2,1-2H3,(H,31,35)(H,33,34). The molecule has 190 valence electrons. The number of aliphatic carboxylic acids is 1. The molecule has 9 heteroatoms. The number of nitrogens with one attached hydrogen (secondary N) is 2. The first-order valence-electron chi connectivity index (χ1n) is 11.4. The zero-order valence-corrected chi connectivity index (χ0v) is 21.4. The fourth-order valence-electron chi connectivity index (χ4n) is 3.43. The summed E-state index contributed by atoms with van der Waals surface area (Å²) in [5.74, 6) is -1.16. The highest BCUT2D eigenvalue weighted by molar-refractivity contribution is 6.35. The van der Waals surface area contributed by atoms with Gasteiger partial charge in [-0.3, -0.25) is 9.59 Å². The van der Waals surface area contributed by atoms with Crippen LogP contribution in [0.2, 0.25) is 10.0 Å². The Morgan fingerprint density at radius 3 is 2.25 bits per heavy atom. The van der Waals surface area contributed by atoms with Gasteiger partial charge in [0.15, 0.2) is 0 Å². The van der Waals surface area contributed by atoms with Crippen molar-refractivity contribution in [2.45, 2.75) is 26.3 Å². The lowest BCUT2D eigenvalue weighted by molar-refractivity contribution is -0.136. The van der Waals surface area contributed by atoms with E-state index in [9.17, 15) is 14.0 Å². The predicted molar refractivity (Wildman–Crippen MR) is 141 cm³/mol. The molecule has 0 heterocycles. The number of carboxylic acid groups (broad SMARTS) is 1. The molecule has 0 spiro atoms. The summed E-state index contributed by atoms with van der Waals surface area (Å²) in [5.41, 5.74) is 2.17. The van der Waals surface area contributed by atoms with E-state index in [1.807, 2.05) is 13.8 Å². The van der Waals surface area contributed by atoms with E-state index in [1.54, 1.807) is 54.6 Å². The van der Waals surface area contributed by atoms with E-state index in [0.717, 1.165) is 5.69 Å². The van der Waals surface area contributed by atoms with E-state index in [4.69, 9.17) is 33.0 Å². The minimum Gasteiger partial charge on any atom is -0.491 e. The van der Waals surface area contributed by atoms with Crippen molar-refractivity contribution in [3.63, 3.8) is 0 Å². The SMILES string of the molecule is CC(C)C(COc1ccc(-c2cc(Cl)cc(Cl)c2)c(F)c1)Nc1ccc(C(=O)NCCC(=O)O)cc1. The van der Waals surface area contributed by atoms with E-state index >= 15 is 0 Å². The molecular weight excluding hydrogens is 506 g/mol. The first-order valence-corrected chi connectivity index (χ1v) is 12.1. The fourth-order valence-corrected chi connectivity index (χ4v) is 3.96. The van der Waals surface area contributed by atoms with Crippen LogP contribution in [-0.2, 0) is 4.79 Å². The van der Waals surface area contributed by atoms with E-state index in [0.29, 0.717) is 32.5 Å². The molecule has 0 radical (unpaired) electrons. The number of benzene rings is 3. The van der Waals surface area contributed by atoms with Gasteiger partial charge < -0.3 is 20.5 Å². The van der Waals surface area contributed by atoms with Gasteiger partial charge in [0.2, 0.25) is 0 Å². The Hall–Kier alpha value is -3.29. The minimum absolute atomic E-state index is 0.0648. The molecule has 0 saturated carbocycles. The van der Waals surface area contributed by atoms with Gasteiger partial charge in [-0.05, 0) is 66.1 Å². The third-order valence-corrected chi connectivity index (χ3v) is 5.91. The van der Waals surface area contributed by atoms with Gasteiger partial charge in [0.05, 0.1) is 12.5 Å². The smallest absolute Gasteiger partial charge is 0.305 e. The van der Waals surface area contributed by atoms with Crippen molar-refractivity contribution in [2.24, 2.45) is 5.92 Å². The van der Waals surface area contributed by atoms with Crippen LogP contribution < -0.4 is 15.4 Å². The number of hydrogen-bond donors (Lipinski definition) is 3. The number of halogens is 3. The zero-order valence-electron chi connectivity index (χ0n) is 19.9. The average Bonchev–Trinajstić information content (AvgIpc) is 2.81. The highest BCUT2D eigenvalue weighted by Gasteiger charge is 2.16. The van der Waals surface area contributed by atoms with Crippen LogP contribution in [0.25, 0.3) is 11.1 Å². The molecule has 0 bridgehead atoms. The Balaban J connectivity index is 1.61. The molecule has 0 aliphatic rings. The predicted octanol–water partition coefficient (Wildman–Crippen LogP) is 6.52. The van der Waals surface area contributed by atoms with Gasteiger partial charge in [0.25, 0.3) is 5.91 Å². The maximum absolute atomic E-state index is 14.8. The molecule has 0 saturated heterocycles. The van der Waals surface area contributed by atoms with Crippen molar-refractivity contribution in [2.75, 3.05) is 18.5 Å². The molecule has 6 nitrogen and oxygen atoms in total. The normalized spacial score (nSPS) is 11.7. The van der Waals surface area contributed by atoms with Crippen LogP contribution in [0.15, 0.2) is 60.7 Å². The fraction of sp³-hybridized carbons (Fsp3) is 0.259. The Morgan fingerprint density at radius 1 is 1.00 bits per heavy atom. The number of carbonyl (C=O) groups excluding carboxylic acids is 1. The van der Waals surface area contributed by atoms with Crippen molar-refractivity contribution >= 4 is 40.8 Å². The van der Waals surface area contributed by atoms with E-state index in [-0.39, 0.29) is 37.4 Å². The second-order valence-electron chi connectivity index (χ2n) is 8.58. The molecule has 1 amide bonds. The zero-order chi connectivity index (χ0) is 26.2. The summed E-state index contributed by atoms with van der Waals surface area (Å²) in [4.78, 5) is 22.7. The highest BCUT2D eigenvalue weighted by Crippen LogP contribution is 2.31. The first kappa shape index (κ1) is 27.3. The van der Waals surface area contributed by atoms with Crippen LogP contribution in [0.1, 0.15) is 30.6 Å². The van der Waals surface area contributed by atoms with Crippen molar-refractivity contribution in [3.05, 3.63) is 82.1 Å². The lowest BCUT2D eigenvalue weighted by Gasteiger charge is -2.24. The van der Waals surface area contributed by atoms with E-state index in [1.165, 1.54) is 6.07 Å². The van der Waals surface area contributed by atoms with Crippen LogP contribution in [-0.4, -0.2) is 36.2 Å². The minimum atomic E-state index is -0.971. The second-order valence-corrected chi connectivity index (χ2v) is 9.46. The molecule has 3 aromatic rings. The summed E-state index contributed by atoms with van der Waals surface area (Å²) in [6, 6.07) is 16.3. The number of hydrogen-bond acceptors (Lipinski definition) is 4. The maximum Gasteiger partial charge on any atom is 0.305 e. The molecule has 3 N–H and O–H groups in total. The lowest BCUT2D eigenvalue weighted by atomic mass is 10.0. The van der Waals surface area contributed by atoms with Gasteiger partial charge in [-0.2, -0.15) is 0 Å². The Morgan fingerprint density at radius 2 is 1.67 bits per heavy atom. The van der Waals surface area contributed by atoms with Crippen LogP contribution >= 0.6 is 23.2 Å². The number of ether oxygens (including phenoxy) is 1. The van der Waals surface area contributed by atoms with Gasteiger partial charge in [-0.15, -0.1) is 0 Å². The molecule has 3 rings (SSSR count). The summed E-state index contributed by atoms with van der Waals surface area (Å²) in [6.07, 6.45) is -0.136. The molecule has 1 unspecified atom stereocenters. The quantitative estimate of drug-likeness (QED) is 0.261. The topological polar surface area (TPSA) is 87.7 Å². The molecule has 0 fully saturated rings. The van der Waals surface area contributed by atoms with Crippen LogP contribution in [0.5, 0.6) is 5.75 Å². The number of carbonyl (C=O) groups is 2. The molecule has 3 aromatic carbocycles. The summed E-state index contributed by atoms with van der Waals surface area (Å²) < 4.78 is 20.7. The average molecular weight is 533 g/mol. The Labute approximate surface area is 219 Å². The third kappa shape index (κ3) is 7.86. The van der Waals surface area contributed by atoms with E-state index in [2.05, 4.69) is 10.6 Å². The molecule has 0 aromatic heterocycles. The first-order chi connectivity index (χ1) is 17.1. The van der Waals surface area contributed by atoms with Gasteiger partial charge in [0.1, 0.15) is 18.2 Å². The largest absolute Gasteiger partial charge is 0.491 e. The monoisotopic (exact) mass is 532 g/mol. The highest BCUT2D eigenvalue weighted by atomic mass is 35.5. The van der Waals surface area contributed by atoms with Crippen LogP contribution in [0.3, 0.4) is 0 Å². The van der Waals surface area contributed by atoms with Crippen LogP contribution in [0, 0.1) is 11.7 Å². The van der Waals surface area contributed by atoms with Crippen LogP contribution in [0.4, 0.5) is 10.1 Å². The Kier molecular flexibility index (Phi) is 9.56.